The molecule has 0 amide bonds. The minimum atomic E-state index is 0.0606. The molecule has 0 aromatic carbocycles. The minimum absolute atomic E-state index is 0.0606. The Morgan fingerprint density at radius 1 is 1.39 bits per heavy atom. The first-order valence-corrected chi connectivity index (χ1v) is 6.14. The summed E-state index contributed by atoms with van der Waals surface area (Å²) in [5.41, 5.74) is 0. The lowest BCUT2D eigenvalue weighted by Gasteiger charge is -2.10. The van der Waals surface area contributed by atoms with Gasteiger partial charge in [-0.05, 0) is 20.3 Å². The molecular weight excluding hydrogens is 234 g/mol. The van der Waals surface area contributed by atoms with Crippen molar-refractivity contribution in [2.45, 2.75) is 26.4 Å². The number of nitrogens with one attached hydrogen (secondary N) is 1. The van der Waals surface area contributed by atoms with Crippen LogP contribution in [0.15, 0.2) is 12.3 Å². The molecular formula is C12H21N3O3. The van der Waals surface area contributed by atoms with Crippen molar-refractivity contribution in [2.75, 3.05) is 31.7 Å². The minimum Gasteiger partial charge on any atom is -0.475 e. The molecule has 0 unspecified atom stereocenters. The Labute approximate surface area is 107 Å². The van der Waals surface area contributed by atoms with E-state index in [0.717, 1.165) is 13.0 Å². The zero-order chi connectivity index (χ0) is 13.2. The van der Waals surface area contributed by atoms with Crippen LogP contribution in [0, 0.1) is 0 Å². The molecule has 18 heavy (non-hydrogen) atoms. The van der Waals surface area contributed by atoms with Crippen molar-refractivity contribution in [1.29, 1.82) is 0 Å². The molecule has 1 aromatic rings. The molecule has 1 rings (SSSR count). The monoisotopic (exact) mass is 255 g/mol. The van der Waals surface area contributed by atoms with Crippen molar-refractivity contribution in [2.24, 2.45) is 0 Å². The van der Waals surface area contributed by atoms with E-state index < -0.39 is 0 Å². The van der Waals surface area contributed by atoms with Gasteiger partial charge in [-0.2, -0.15) is 4.98 Å². The highest BCUT2D eigenvalue weighted by Crippen LogP contribution is 2.09. The van der Waals surface area contributed by atoms with E-state index >= 15 is 0 Å². The van der Waals surface area contributed by atoms with E-state index in [1.165, 1.54) is 0 Å². The first-order valence-electron chi connectivity index (χ1n) is 6.14. The van der Waals surface area contributed by atoms with Gasteiger partial charge in [-0.3, -0.25) is 0 Å². The van der Waals surface area contributed by atoms with Crippen LogP contribution in [0.3, 0.4) is 0 Å². The van der Waals surface area contributed by atoms with E-state index in [2.05, 4.69) is 15.3 Å². The van der Waals surface area contributed by atoms with Crippen molar-refractivity contribution < 1.29 is 14.6 Å². The van der Waals surface area contributed by atoms with Crippen LogP contribution in [0.5, 0.6) is 5.88 Å². The number of aromatic nitrogens is 2. The topological polar surface area (TPSA) is 76.5 Å². The van der Waals surface area contributed by atoms with Crippen LogP contribution in [0.25, 0.3) is 0 Å². The van der Waals surface area contributed by atoms with Gasteiger partial charge < -0.3 is 19.9 Å². The highest BCUT2D eigenvalue weighted by Gasteiger charge is 2.01. The number of ether oxygens (including phenoxy) is 2. The Morgan fingerprint density at radius 3 is 2.94 bits per heavy atom. The molecule has 0 aliphatic carbocycles. The van der Waals surface area contributed by atoms with E-state index in [0.29, 0.717) is 25.0 Å². The fraction of sp³-hybridized carbons (Fsp3) is 0.667. The Hall–Kier alpha value is -1.40. The molecule has 0 spiro atoms. The lowest BCUT2D eigenvalue weighted by molar-refractivity contribution is 0.0921. The normalized spacial score (nSPS) is 10.7. The molecule has 0 saturated carbocycles. The molecule has 1 heterocycles. The van der Waals surface area contributed by atoms with Gasteiger partial charge in [-0.25, -0.2) is 4.98 Å². The maximum atomic E-state index is 8.53. The number of aliphatic hydroxyl groups is 1. The van der Waals surface area contributed by atoms with Crippen LogP contribution in [0.4, 0.5) is 5.95 Å². The van der Waals surface area contributed by atoms with Gasteiger partial charge >= 0.3 is 0 Å². The number of rotatable bonds is 9. The summed E-state index contributed by atoms with van der Waals surface area (Å²) in [6.07, 6.45) is 2.59. The van der Waals surface area contributed by atoms with Gasteiger partial charge in [-0.15, -0.1) is 0 Å². The first kappa shape index (κ1) is 14.7. The molecule has 1 aromatic heterocycles. The summed E-state index contributed by atoms with van der Waals surface area (Å²) in [5, 5.41) is 11.6. The van der Waals surface area contributed by atoms with E-state index in [1.807, 2.05) is 13.8 Å². The van der Waals surface area contributed by atoms with Gasteiger partial charge in [-0.1, -0.05) is 0 Å². The van der Waals surface area contributed by atoms with Crippen molar-refractivity contribution in [1.82, 2.24) is 9.97 Å². The van der Waals surface area contributed by atoms with Gasteiger partial charge in [0.25, 0.3) is 0 Å². The Bertz CT molecular complexity index is 334. The maximum absolute atomic E-state index is 8.53. The third-order valence-corrected chi connectivity index (χ3v) is 1.97. The molecule has 2 N–H and O–H groups in total. The van der Waals surface area contributed by atoms with Gasteiger partial charge in [0.1, 0.15) is 0 Å². The molecule has 0 fully saturated rings. The van der Waals surface area contributed by atoms with Crippen LogP contribution in [0.2, 0.25) is 0 Å². The van der Waals surface area contributed by atoms with Crippen LogP contribution in [0.1, 0.15) is 20.3 Å². The lowest BCUT2D eigenvalue weighted by Crippen LogP contribution is -2.11. The molecule has 0 aliphatic rings. The second-order valence-electron chi connectivity index (χ2n) is 4.00. The molecule has 0 saturated heterocycles. The average molecular weight is 255 g/mol. The average Bonchev–Trinajstić information content (AvgIpc) is 2.33. The van der Waals surface area contributed by atoms with Gasteiger partial charge in [0.05, 0.1) is 19.3 Å². The molecule has 0 aliphatic heterocycles. The van der Waals surface area contributed by atoms with Crippen molar-refractivity contribution in [3.8, 4) is 5.88 Å². The summed E-state index contributed by atoms with van der Waals surface area (Å²) >= 11 is 0. The lowest BCUT2D eigenvalue weighted by atomic mass is 10.4. The van der Waals surface area contributed by atoms with Crippen molar-refractivity contribution in [3.63, 3.8) is 0 Å². The fourth-order valence-electron chi connectivity index (χ4n) is 1.28. The predicted molar refractivity (Wildman–Crippen MR) is 68.8 cm³/mol. The molecule has 0 bridgehead atoms. The van der Waals surface area contributed by atoms with E-state index in [9.17, 15) is 0 Å². The number of nitrogens with zero attached hydrogens (tertiary/aromatic N) is 2. The van der Waals surface area contributed by atoms with Crippen molar-refractivity contribution >= 4 is 5.95 Å². The SMILES string of the molecule is CC(C)Oc1ccnc(NCCCOCCO)n1. The summed E-state index contributed by atoms with van der Waals surface area (Å²) in [5.74, 6) is 1.12. The Kier molecular flexibility index (Phi) is 7.05. The van der Waals surface area contributed by atoms with Crippen LogP contribution in [-0.4, -0.2) is 47.5 Å². The predicted octanol–water partition coefficient (Wildman–Crippen LogP) is 1.07. The van der Waals surface area contributed by atoms with Crippen LogP contribution < -0.4 is 10.1 Å². The standard InChI is InChI=1S/C12H21N3O3/c1-10(2)18-11-4-6-14-12(15-11)13-5-3-8-17-9-7-16/h4,6,10,16H,3,5,7-9H2,1-2H3,(H,13,14,15). The van der Waals surface area contributed by atoms with Crippen molar-refractivity contribution in [3.05, 3.63) is 12.3 Å². The highest BCUT2D eigenvalue weighted by atomic mass is 16.5. The number of hydrogen-bond acceptors (Lipinski definition) is 6. The van der Waals surface area contributed by atoms with E-state index in [1.54, 1.807) is 12.3 Å². The Morgan fingerprint density at radius 2 is 2.22 bits per heavy atom. The fourth-order valence-corrected chi connectivity index (χ4v) is 1.28. The van der Waals surface area contributed by atoms with E-state index in [-0.39, 0.29) is 12.7 Å². The van der Waals surface area contributed by atoms with Crippen LogP contribution in [-0.2, 0) is 4.74 Å². The molecule has 102 valence electrons. The van der Waals surface area contributed by atoms with Gasteiger partial charge in [0.15, 0.2) is 0 Å². The third-order valence-electron chi connectivity index (χ3n) is 1.97. The number of anilines is 1. The smallest absolute Gasteiger partial charge is 0.225 e. The zero-order valence-electron chi connectivity index (χ0n) is 10.9. The molecule has 6 heteroatoms. The van der Waals surface area contributed by atoms with Gasteiger partial charge in [0, 0.05) is 25.4 Å². The number of hydrogen-bond donors (Lipinski definition) is 2. The zero-order valence-corrected chi connectivity index (χ0v) is 10.9. The largest absolute Gasteiger partial charge is 0.475 e. The summed E-state index contributed by atoms with van der Waals surface area (Å²) in [6, 6.07) is 1.73. The summed E-state index contributed by atoms with van der Waals surface area (Å²) in [7, 11) is 0. The maximum Gasteiger partial charge on any atom is 0.225 e. The first-order chi connectivity index (χ1) is 8.72. The van der Waals surface area contributed by atoms with Gasteiger partial charge in [0.2, 0.25) is 11.8 Å². The molecule has 0 atom stereocenters. The quantitative estimate of drug-likeness (QED) is 0.643. The number of aliphatic hydroxyl groups excluding tert-OH is 1. The summed E-state index contributed by atoms with van der Waals surface area (Å²) < 4.78 is 10.6. The van der Waals surface area contributed by atoms with E-state index in [4.69, 9.17) is 14.6 Å². The Balaban J connectivity index is 2.25. The second-order valence-corrected chi connectivity index (χ2v) is 4.00. The third kappa shape index (κ3) is 6.36. The van der Waals surface area contributed by atoms with Crippen LogP contribution >= 0.6 is 0 Å². The second kappa shape index (κ2) is 8.66. The molecule has 0 radical (unpaired) electrons. The molecule has 6 nitrogen and oxygen atoms in total. The summed E-state index contributed by atoms with van der Waals surface area (Å²) in [6.45, 7) is 5.67. The summed E-state index contributed by atoms with van der Waals surface area (Å²) in [4.78, 5) is 8.32. The highest BCUT2D eigenvalue weighted by molar-refractivity contribution is 5.27.